The number of hydrogen-bond donors (Lipinski definition) is 1. The summed E-state index contributed by atoms with van der Waals surface area (Å²) in [5.41, 5.74) is 7.00. The molecule has 4 aromatic rings. The summed E-state index contributed by atoms with van der Waals surface area (Å²) in [6.07, 6.45) is 5.15. The topological polar surface area (TPSA) is 95.8 Å². The normalized spacial score (nSPS) is 15.1. The Labute approximate surface area is 240 Å². The number of nitrogens with zero attached hydrogens (tertiary/aromatic N) is 6. The summed E-state index contributed by atoms with van der Waals surface area (Å²) in [5, 5.41) is 3.05. The number of rotatable bonds is 7. The van der Waals surface area contributed by atoms with E-state index in [1.165, 1.54) is 11.1 Å². The number of carbonyl (C=O) groups is 1. The van der Waals surface area contributed by atoms with Crippen LogP contribution < -0.4 is 10.1 Å². The summed E-state index contributed by atoms with van der Waals surface area (Å²) in [6.45, 7) is 9.77. The lowest BCUT2D eigenvalue weighted by Crippen LogP contribution is -2.43. The molecule has 1 saturated heterocycles. The van der Waals surface area contributed by atoms with Gasteiger partial charge in [-0.15, -0.1) is 0 Å². The number of fused-ring (bicyclic) bond motifs is 1. The van der Waals surface area contributed by atoms with Gasteiger partial charge in [-0.1, -0.05) is 12.1 Å². The molecule has 0 unspecified atom stereocenters. The first-order chi connectivity index (χ1) is 19.9. The number of piperazine rings is 1. The Hall–Kier alpha value is -4.47. The van der Waals surface area contributed by atoms with Crippen molar-refractivity contribution in [2.75, 3.05) is 38.5 Å². The van der Waals surface area contributed by atoms with Gasteiger partial charge in [0.25, 0.3) is 5.91 Å². The number of hydrogen-bond acceptors (Lipinski definition) is 8. The quantitative estimate of drug-likeness (QED) is 0.352. The van der Waals surface area contributed by atoms with Crippen molar-refractivity contribution in [1.82, 2.24) is 24.8 Å². The fourth-order valence-corrected chi connectivity index (χ4v) is 5.03. The summed E-state index contributed by atoms with van der Waals surface area (Å²) in [4.78, 5) is 35.9. The Morgan fingerprint density at radius 1 is 0.951 bits per heavy atom. The van der Waals surface area contributed by atoms with Crippen molar-refractivity contribution < 1.29 is 9.53 Å². The number of likely N-dealkylation sites (N-methyl/N-ethyl adjacent to an activating group) is 1. The van der Waals surface area contributed by atoms with Crippen LogP contribution in [0.25, 0.3) is 11.4 Å². The van der Waals surface area contributed by atoms with Crippen LogP contribution in [0.2, 0.25) is 0 Å². The number of aliphatic imine (C=N–C) groups is 1. The van der Waals surface area contributed by atoms with Gasteiger partial charge in [0, 0.05) is 68.1 Å². The molecular formula is C32H33N7O2. The van der Waals surface area contributed by atoms with Gasteiger partial charge in [-0.05, 0) is 74.0 Å². The van der Waals surface area contributed by atoms with E-state index in [9.17, 15) is 4.79 Å². The molecular weight excluding hydrogens is 514 g/mol. The van der Waals surface area contributed by atoms with E-state index >= 15 is 0 Å². The lowest BCUT2D eigenvalue weighted by molar-refractivity contribution is 0.102. The molecule has 9 nitrogen and oxygen atoms in total. The maximum atomic E-state index is 13.3. The van der Waals surface area contributed by atoms with Crippen LogP contribution in [0.4, 0.5) is 5.69 Å². The highest BCUT2D eigenvalue weighted by atomic mass is 16.5. The first kappa shape index (κ1) is 26.7. The van der Waals surface area contributed by atoms with Crippen LogP contribution in [0.5, 0.6) is 11.6 Å². The number of ether oxygens (including phenoxy) is 1. The molecule has 0 aliphatic carbocycles. The Kier molecular flexibility index (Phi) is 7.54. The molecule has 1 amide bonds. The zero-order valence-corrected chi connectivity index (χ0v) is 23.6. The molecule has 2 aromatic heterocycles. The Balaban J connectivity index is 1.19. The number of nitrogens with one attached hydrogen (secondary N) is 1. The molecule has 0 atom stereocenters. The van der Waals surface area contributed by atoms with Gasteiger partial charge >= 0.3 is 0 Å². The van der Waals surface area contributed by atoms with Gasteiger partial charge in [-0.3, -0.25) is 19.7 Å². The number of amides is 1. The third-order valence-corrected chi connectivity index (χ3v) is 7.64. The first-order valence-electron chi connectivity index (χ1n) is 13.8. The van der Waals surface area contributed by atoms with E-state index in [1.807, 2.05) is 37.3 Å². The van der Waals surface area contributed by atoms with Crippen molar-refractivity contribution in [3.63, 3.8) is 0 Å². The van der Waals surface area contributed by atoms with E-state index in [2.05, 4.69) is 50.1 Å². The standard InChI is InChI=1S/C32H33N7O2/c1-21-4-5-24(31(40)35-26-7-6-25(22(2)16-26)20-39-14-12-38(3)13-15-39)17-29(21)41-32-27-18-34-19-28(27)36-30(37-32)23-8-10-33-11-9-23/h4-11,16-18H,12-15,19-20H2,1-3H3,(H,35,40). The molecule has 0 radical (unpaired) electrons. The average molecular weight is 548 g/mol. The Bertz CT molecular complexity index is 1610. The molecule has 2 aliphatic heterocycles. The third-order valence-electron chi connectivity index (χ3n) is 7.64. The second-order valence-electron chi connectivity index (χ2n) is 10.7. The van der Waals surface area contributed by atoms with E-state index in [-0.39, 0.29) is 5.91 Å². The third kappa shape index (κ3) is 6.01. The van der Waals surface area contributed by atoms with Crippen LogP contribution in [0.3, 0.4) is 0 Å². The summed E-state index contributed by atoms with van der Waals surface area (Å²) >= 11 is 0. The van der Waals surface area contributed by atoms with Crippen molar-refractivity contribution in [2.45, 2.75) is 26.9 Å². The molecule has 208 valence electrons. The average Bonchev–Trinajstić information content (AvgIpc) is 3.46. The number of carbonyl (C=O) groups excluding carboxylic acids is 1. The smallest absolute Gasteiger partial charge is 0.255 e. The van der Waals surface area contributed by atoms with Gasteiger partial charge in [0.1, 0.15) is 5.75 Å². The van der Waals surface area contributed by atoms with Gasteiger partial charge < -0.3 is 15.0 Å². The summed E-state index contributed by atoms with van der Waals surface area (Å²) in [6, 6.07) is 15.3. The monoisotopic (exact) mass is 547 g/mol. The molecule has 41 heavy (non-hydrogen) atoms. The minimum Gasteiger partial charge on any atom is -0.438 e. The van der Waals surface area contributed by atoms with Crippen molar-refractivity contribution in [1.29, 1.82) is 0 Å². The molecule has 9 heteroatoms. The number of aromatic nitrogens is 3. The van der Waals surface area contributed by atoms with Gasteiger partial charge in [0.2, 0.25) is 5.88 Å². The van der Waals surface area contributed by atoms with Crippen LogP contribution >= 0.6 is 0 Å². The fraction of sp³-hybridized carbons (Fsp3) is 0.281. The highest BCUT2D eigenvalue weighted by molar-refractivity contribution is 6.04. The number of aryl methyl sites for hydroxylation is 2. The molecule has 2 aliphatic rings. The minimum atomic E-state index is -0.201. The Morgan fingerprint density at radius 2 is 1.76 bits per heavy atom. The maximum Gasteiger partial charge on any atom is 0.255 e. The molecule has 0 saturated carbocycles. The molecule has 0 bridgehead atoms. The second kappa shape index (κ2) is 11.6. The van der Waals surface area contributed by atoms with E-state index in [4.69, 9.17) is 9.72 Å². The van der Waals surface area contributed by atoms with Gasteiger partial charge in [0.15, 0.2) is 5.82 Å². The predicted octanol–water partition coefficient (Wildman–Crippen LogP) is 4.88. The molecule has 6 rings (SSSR count). The van der Waals surface area contributed by atoms with Crippen molar-refractivity contribution in [3.05, 3.63) is 94.4 Å². The summed E-state index contributed by atoms with van der Waals surface area (Å²) in [7, 11) is 2.17. The van der Waals surface area contributed by atoms with Crippen LogP contribution in [-0.4, -0.2) is 70.1 Å². The molecule has 1 fully saturated rings. The maximum absolute atomic E-state index is 13.3. The molecule has 0 spiro atoms. The van der Waals surface area contributed by atoms with Crippen LogP contribution in [0.15, 0.2) is 65.9 Å². The van der Waals surface area contributed by atoms with Crippen LogP contribution in [-0.2, 0) is 13.1 Å². The van der Waals surface area contributed by atoms with E-state index in [1.54, 1.807) is 30.7 Å². The van der Waals surface area contributed by atoms with E-state index in [0.717, 1.165) is 60.8 Å². The number of pyridine rings is 1. The highest BCUT2D eigenvalue weighted by Gasteiger charge is 2.21. The summed E-state index contributed by atoms with van der Waals surface area (Å²) < 4.78 is 6.32. The highest BCUT2D eigenvalue weighted by Crippen LogP contribution is 2.32. The SMILES string of the molecule is Cc1cc(NC(=O)c2ccc(C)c(Oc3nc(-c4ccncc4)nc4c3C=NC4)c2)ccc1CN1CCN(C)CC1. The Morgan fingerprint density at radius 3 is 2.54 bits per heavy atom. The van der Waals surface area contributed by atoms with Crippen molar-refractivity contribution >= 4 is 17.8 Å². The van der Waals surface area contributed by atoms with Crippen molar-refractivity contribution in [3.8, 4) is 23.0 Å². The van der Waals surface area contributed by atoms with E-state index < -0.39 is 0 Å². The zero-order valence-electron chi connectivity index (χ0n) is 23.6. The second-order valence-corrected chi connectivity index (χ2v) is 10.7. The van der Waals surface area contributed by atoms with Crippen molar-refractivity contribution in [2.24, 2.45) is 4.99 Å². The lowest BCUT2D eigenvalue weighted by atomic mass is 10.1. The first-order valence-corrected chi connectivity index (χ1v) is 13.8. The van der Waals surface area contributed by atoms with Gasteiger partial charge in [-0.25, -0.2) is 4.98 Å². The number of anilines is 1. The minimum absolute atomic E-state index is 0.201. The molecule has 1 N–H and O–H groups in total. The zero-order chi connectivity index (χ0) is 28.3. The molecule has 2 aromatic carbocycles. The largest absolute Gasteiger partial charge is 0.438 e. The van der Waals surface area contributed by atoms with Crippen LogP contribution in [0.1, 0.15) is 38.3 Å². The number of benzene rings is 2. The van der Waals surface area contributed by atoms with E-state index in [0.29, 0.717) is 29.6 Å². The predicted molar refractivity (Wildman–Crippen MR) is 160 cm³/mol. The molecule has 4 heterocycles. The lowest BCUT2D eigenvalue weighted by Gasteiger charge is -2.32. The van der Waals surface area contributed by atoms with Crippen LogP contribution in [0, 0.1) is 13.8 Å². The summed E-state index contributed by atoms with van der Waals surface area (Å²) in [5.74, 6) is 1.31. The van der Waals surface area contributed by atoms with Gasteiger partial charge in [0.05, 0.1) is 17.8 Å². The fourth-order valence-electron chi connectivity index (χ4n) is 5.03. The van der Waals surface area contributed by atoms with Gasteiger partial charge in [-0.2, -0.15) is 4.98 Å².